The zero-order valence-electron chi connectivity index (χ0n) is 10.7. The Morgan fingerprint density at radius 3 is 2.65 bits per heavy atom. The van der Waals surface area contributed by atoms with Gasteiger partial charge in [0.1, 0.15) is 17.5 Å². The summed E-state index contributed by atoms with van der Waals surface area (Å²) in [6.07, 6.45) is 0.768. The van der Waals surface area contributed by atoms with E-state index in [1.54, 1.807) is 30.3 Å². The second-order valence-electron chi connectivity index (χ2n) is 4.40. The minimum Gasteiger partial charge on any atom is -0.465 e. The Kier molecular flexibility index (Phi) is 2.68. The Bertz CT molecular complexity index is 848. The van der Waals surface area contributed by atoms with Gasteiger partial charge >= 0.3 is 5.97 Å². The predicted molar refractivity (Wildman–Crippen MR) is 74.9 cm³/mol. The largest absolute Gasteiger partial charge is 0.465 e. The molecule has 0 aliphatic rings. The molecule has 0 saturated carbocycles. The van der Waals surface area contributed by atoms with Crippen LogP contribution in [0.1, 0.15) is 20.7 Å². The molecule has 1 aromatic heterocycles. The molecule has 0 aliphatic carbocycles. The molecule has 5 heteroatoms. The number of benzene rings is 2. The molecular formula is C15H11NO4. The molecule has 0 spiro atoms. The van der Waals surface area contributed by atoms with Gasteiger partial charge in [-0.1, -0.05) is 0 Å². The van der Waals surface area contributed by atoms with Crippen molar-refractivity contribution >= 4 is 39.9 Å². The summed E-state index contributed by atoms with van der Waals surface area (Å²) in [5.41, 5.74) is 8.15. The number of esters is 1. The van der Waals surface area contributed by atoms with Crippen LogP contribution in [0.25, 0.3) is 21.9 Å². The van der Waals surface area contributed by atoms with E-state index in [4.69, 9.17) is 10.2 Å². The Morgan fingerprint density at radius 1 is 1.20 bits per heavy atom. The van der Waals surface area contributed by atoms with E-state index in [9.17, 15) is 9.59 Å². The van der Waals surface area contributed by atoms with Crippen LogP contribution in [0.5, 0.6) is 0 Å². The maximum absolute atomic E-state index is 11.6. The third-order valence-electron chi connectivity index (χ3n) is 3.21. The van der Waals surface area contributed by atoms with Gasteiger partial charge in [-0.05, 0) is 30.3 Å². The number of anilines is 1. The Morgan fingerprint density at radius 2 is 1.95 bits per heavy atom. The first kappa shape index (κ1) is 12.2. The molecule has 1 heterocycles. The minimum atomic E-state index is -0.515. The van der Waals surface area contributed by atoms with Crippen LogP contribution in [0.2, 0.25) is 0 Å². The first-order valence-electron chi connectivity index (χ1n) is 5.93. The summed E-state index contributed by atoms with van der Waals surface area (Å²) in [6, 6.07) is 8.32. The number of furan rings is 1. The summed E-state index contributed by atoms with van der Waals surface area (Å²) in [6.45, 7) is 0. The predicted octanol–water partition coefficient (Wildman–Crippen LogP) is 2.77. The fraction of sp³-hybridized carbons (Fsp3) is 0.0667. The number of carbonyl (C=O) groups is 2. The normalized spacial score (nSPS) is 10.8. The lowest BCUT2D eigenvalue weighted by Crippen LogP contribution is -2.05. The third-order valence-corrected chi connectivity index (χ3v) is 3.21. The van der Waals surface area contributed by atoms with E-state index in [-0.39, 0.29) is 5.56 Å². The molecule has 2 aromatic carbocycles. The maximum atomic E-state index is 11.6. The highest BCUT2D eigenvalue weighted by Gasteiger charge is 2.15. The fourth-order valence-corrected chi connectivity index (χ4v) is 2.22. The summed E-state index contributed by atoms with van der Waals surface area (Å²) in [7, 11) is 1.29. The maximum Gasteiger partial charge on any atom is 0.340 e. The van der Waals surface area contributed by atoms with Crippen LogP contribution in [0.15, 0.2) is 34.7 Å². The summed E-state index contributed by atoms with van der Waals surface area (Å²) >= 11 is 0. The lowest BCUT2D eigenvalue weighted by Gasteiger charge is -2.03. The molecule has 0 aliphatic heterocycles. The van der Waals surface area contributed by atoms with Crippen LogP contribution in [-0.2, 0) is 4.74 Å². The number of methoxy groups -OCH3 is 1. The number of nitrogens with two attached hydrogens (primary N) is 1. The number of nitrogen functional groups attached to an aromatic ring is 1. The van der Waals surface area contributed by atoms with Crippen LogP contribution in [-0.4, -0.2) is 19.4 Å². The summed E-state index contributed by atoms with van der Waals surface area (Å²) < 4.78 is 10.3. The van der Waals surface area contributed by atoms with Gasteiger partial charge in [-0.2, -0.15) is 0 Å². The molecular weight excluding hydrogens is 258 g/mol. The van der Waals surface area contributed by atoms with Crippen molar-refractivity contribution in [3.05, 3.63) is 41.5 Å². The second-order valence-corrected chi connectivity index (χ2v) is 4.40. The van der Waals surface area contributed by atoms with Gasteiger partial charge in [-0.15, -0.1) is 0 Å². The van der Waals surface area contributed by atoms with Gasteiger partial charge in [-0.3, -0.25) is 4.79 Å². The number of aldehydes is 1. The standard InChI is InChI=1S/C15H11NO4/c1-19-15(18)11-6-14-10(5-12(11)16)9-4-8(7-17)2-3-13(9)20-14/h2-7H,16H2,1H3. The van der Waals surface area contributed by atoms with Crippen LogP contribution in [0.3, 0.4) is 0 Å². The van der Waals surface area contributed by atoms with Gasteiger partial charge in [0, 0.05) is 22.0 Å². The number of hydrogen-bond donors (Lipinski definition) is 1. The number of fused-ring (bicyclic) bond motifs is 3. The van der Waals surface area contributed by atoms with Crippen molar-refractivity contribution in [1.29, 1.82) is 0 Å². The quantitative estimate of drug-likeness (QED) is 0.439. The monoisotopic (exact) mass is 269 g/mol. The summed E-state index contributed by atoms with van der Waals surface area (Å²) in [5.74, 6) is -0.515. The SMILES string of the molecule is COC(=O)c1cc2oc3ccc(C=O)cc3c2cc1N. The van der Waals surface area contributed by atoms with Crippen molar-refractivity contribution in [3.8, 4) is 0 Å². The van der Waals surface area contributed by atoms with E-state index < -0.39 is 5.97 Å². The lowest BCUT2D eigenvalue weighted by atomic mass is 10.1. The molecule has 100 valence electrons. The van der Waals surface area contributed by atoms with Crippen LogP contribution in [0.4, 0.5) is 5.69 Å². The Labute approximate surface area is 113 Å². The van der Waals surface area contributed by atoms with Gasteiger partial charge in [0.25, 0.3) is 0 Å². The van der Waals surface area contributed by atoms with E-state index in [1.807, 2.05) is 0 Å². The number of carbonyl (C=O) groups excluding carboxylic acids is 2. The first-order chi connectivity index (χ1) is 9.63. The molecule has 0 unspecified atom stereocenters. The van der Waals surface area contributed by atoms with E-state index in [0.29, 0.717) is 22.4 Å². The zero-order chi connectivity index (χ0) is 14.3. The average molecular weight is 269 g/mol. The molecule has 0 radical (unpaired) electrons. The van der Waals surface area contributed by atoms with Crippen LogP contribution < -0.4 is 5.73 Å². The molecule has 2 N–H and O–H groups in total. The van der Waals surface area contributed by atoms with Gasteiger partial charge in [0.2, 0.25) is 0 Å². The van der Waals surface area contributed by atoms with E-state index in [0.717, 1.165) is 17.1 Å². The van der Waals surface area contributed by atoms with Gasteiger partial charge < -0.3 is 14.9 Å². The van der Waals surface area contributed by atoms with Crippen LogP contribution in [0, 0.1) is 0 Å². The van der Waals surface area contributed by atoms with Gasteiger partial charge in [0.05, 0.1) is 12.7 Å². The summed E-state index contributed by atoms with van der Waals surface area (Å²) in [5, 5.41) is 1.54. The summed E-state index contributed by atoms with van der Waals surface area (Å²) in [4.78, 5) is 22.4. The Hall–Kier alpha value is -2.82. The highest BCUT2D eigenvalue weighted by molar-refractivity contribution is 6.10. The number of ether oxygens (including phenoxy) is 1. The van der Waals surface area contributed by atoms with Gasteiger partial charge in [0.15, 0.2) is 0 Å². The molecule has 3 aromatic rings. The zero-order valence-corrected chi connectivity index (χ0v) is 10.7. The highest BCUT2D eigenvalue weighted by atomic mass is 16.5. The number of hydrogen-bond acceptors (Lipinski definition) is 5. The topological polar surface area (TPSA) is 82.5 Å². The molecule has 0 saturated heterocycles. The van der Waals surface area contributed by atoms with E-state index in [2.05, 4.69) is 4.74 Å². The van der Waals surface area contributed by atoms with Crippen molar-refractivity contribution in [2.24, 2.45) is 0 Å². The number of rotatable bonds is 2. The van der Waals surface area contributed by atoms with E-state index >= 15 is 0 Å². The molecule has 20 heavy (non-hydrogen) atoms. The van der Waals surface area contributed by atoms with Crippen molar-refractivity contribution in [1.82, 2.24) is 0 Å². The molecule has 3 rings (SSSR count). The average Bonchev–Trinajstić information content (AvgIpc) is 2.82. The van der Waals surface area contributed by atoms with Gasteiger partial charge in [-0.25, -0.2) is 4.79 Å². The highest BCUT2D eigenvalue weighted by Crippen LogP contribution is 2.32. The van der Waals surface area contributed by atoms with Crippen molar-refractivity contribution < 1.29 is 18.7 Å². The molecule has 0 atom stereocenters. The van der Waals surface area contributed by atoms with Crippen molar-refractivity contribution in [2.75, 3.05) is 12.8 Å². The Balaban J connectivity index is 2.34. The molecule has 0 bridgehead atoms. The fourth-order valence-electron chi connectivity index (χ4n) is 2.22. The second kappa shape index (κ2) is 4.38. The van der Waals surface area contributed by atoms with Crippen molar-refractivity contribution in [3.63, 3.8) is 0 Å². The smallest absolute Gasteiger partial charge is 0.340 e. The molecule has 5 nitrogen and oxygen atoms in total. The molecule has 0 fully saturated rings. The minimum absolute atomic E-state index is 0.259. The van der Waals surface area contributed by atoms with Crippen molar-refractivity contribution in [2.45, 2.75) is 0 Å². The third kappa shape index (κ3) is 1.72. The molecule has 0 amide bonds. The van der Waals surface area contributed by atoms with E-state index in [1.165, 1.54) is 7.11 Å². The van der Waals surface area contributed by atoms with Crippen LogP contribution >= 0.6 is 0 Å². The first-order valence-corrected chi connectivity index (χ1v) is 5.93. The lowest BCUT2D eigenvalue weighted by molar-refractivity contribution is 0.0602.